The van der Waals surface area contributed by atoms with E-state index in [1.54, 1.807) is 0 Å². The van der Waals surface area contributed by atoms with Crippen molar-refractivity contribution in [1.29, 1.82) is 0 Å². The zero-order valence-corrected chi connectivity index (χ0v) is 15.3. The van der Waals surface area contributed by atoms with Crippen LogP contribution in [0.25, 0.3) is 0 Å². The Hall–Kier alpha value is -2.43. The van der Waals surface area contributed by atoms with E-state index in [1.165, 1.54) is 28.6 Å². The average Bonchev–Trinajstić information content (AvgIpc) is 2.66. The second-order valence-electron chi connectivity index (χ2n) is 6.34. The zero-order chi connectivity index (χ0) is 20.5. The van der Waals surface area contributed by atoms with Gasteiger partial charge in [-0.05, 0) is 25.0 Å². The van der Waals surface area contributed by atoms with Gasteiger partial charge in [0.1, 0.15) is 0 Å². The molecule has 1 saturated heterocycles. The first-order valence-corrected chi connectivity index (χ1v) is 9.87. The summed E-state index contributed by atoms with van der Waals surface area (Å²) in [6.45, 7) is 0.210. The fraction of sp³-hybridized carbons (Fsp3) is 0.278. The molecule has 1 heterocycles. The molecule has 0 bridgehead atoms. The van der Waals surface area contributed by atoms with Gasteiger partial charge in [0.2, 0.25) is 10.0 Å². The highest BCUT2D eigenvalue weighted by atomic mass is 32.2. The van der Waals surface area contributed by atoms with Crippen LogP contribution in [0.3, 0.4) is 0 Å². The van der Waals surface area contributed by atoms with Crippen molar-refractivity contribution in [3.05, 3.63) is 59.4 Å². The standard InChI is InChI=1S/C18H17F3N2O4S/c19-14-9-11(10-15(20)17(14)21)22-18(25)13-3-1-2-4-16(13)28(26,27)23-7-5-12(24)6-8-23/h1-4,9-10,12,24H,5-8H2,(H,22,25). The van der Waals surface area contributed by atoms with Crippen LogP contribution in [0.1, 0.15) is 23.2 Å². The maximum atomic E-state index is 13.3. The Morgan fingerprint density at radius 3 is 2.25 bits per heavy atom. The maximum absolute atomic E-state index is 13.3. The summed E-state index contributed by atoms with van der Waals surface area (Å²) in [6.07, 6.45) is -0.0167. The molecule has 1 aliphatic rings. The molecule has 1 aliphatic heterocycles. The first-order chi connectivity index (χ1) is 13.2. The van der Waals surface area contributed by atoms with Gasteiger partial charge in [0.05, 0.1) is 16.6 Å². The number of piperidine rings is 1. The van der Waals surface area contributed by atoms with Crippen LogP contribution in [0.2, 0.25) is 0 Å². The fourth-order valence-electron chi connectivity index (χ4n) is 2.93. The molecular formula is C18H17F3N2O4S. The SMILES string of the molecule is O=C(Nc1cc(F)c(F)c(F)c1)c1ccccc1S(=O)(=O)N1CCC(O)CC1. The number of nitrogens with zero attached hydrogens (tertiary/aromatic N) is 1. The van der Waals surface area contributed by atoms with Gasteiger partial charge < -0.3 is 10.4 Å². The second-order valence-corrected chi connectivity index (χ2v) is 8.25. The summed E-state index contributed by atoms with van der Waals surface area (Å²) in [6, 6.07) is 6.59. The highest BCUT2D eigenvalue weighted by Gasteiger charge is 2.31. The van der Waals surface area contributed by atoms with Crippen LogP contribution in [-0.4, -0.2) is 42.9 Å². The highest BCUT2D eigenvalue weighted by Crippen LogP contribution is 2.25. The summed E-state index contributed by atoms with van der Waals surface area (Å²) < 4.78 is 66.8. The second kappa shape index (κ2) is 7.90. The molecule has 1 amide bonds. The van der Waals surface area contributed by atoms with E-state index in [2.05, 4.69) is 5.32 Å². The molecule has 0 unspecified atom stereocenters. The van der Waals surface area contributed by atoms with Crippen molar-refractivity contribution in [3.8, 4) is 0 Å². The summed E-state index contributed by atoms with van der Waals surface area (Å²) in [5.41, 5.74) is -0.576. The molecule has 1 fully saturated rings. The summed E-state index contributed by atoms with van der Waals surface area (Å²) in [5, 5.41) is 11.7. The Morgan fingerprint density at radius 1 is 1.07 bits per heavy atom. The van der Waals surface area contributed by atoms with Crippen LogP contribution in [0.5, 0.6) is 0 Å². The van der Waals surface area contributed by atoms with Crippen LogP contribution in [0, 0.1) is 17.5 Å². The number of rotatable bonds is 4. The van der Waals surface area contributed by atoms with E-state index in [0.29, 0.717) is 12.1 Å². The Morgan fingerprint density at radius 2 is 1.64 bits per heavy atom. The van der Waals surface area contributed by atoms with E-state index in [1.807, 2.05) is 0 Å². The van der Waals surface area contributed by atoms with Gasteiger partial charge in [0.25, 0.3) is 5.91 Å². The van der Waals surface area contributed by atoms with Crippen LogP contribution < -0.4 is 5.32 Å². The molecule has 2 aromatic carbocycles. The number of amides is 1. The predicted octanol–water partition coefficient (Wildman–Crippen LogP) is 2.50. The van der Waals surface area contributed by atoms with Gasteiger partial charge in [-0.15, -0.1) is 0 Å². The van der Waals surface area contributed by atoms with Crippen molar-refractivity contribution < 1.29 is 31.5 Å². The molecule has 2 aromatic rings. The molecule has 0 saturated carbocycles. The van der Waals surface area contributed by atoms with E-state index in [-0.39, 0.29) is 42.1 Å². The van der Waals surface area contributed by atoms with Crippen molar-refractivity contribution in [3.63, 3.8) is 0 Å². The lowest BCUT2D eigenvalue weighted by Crippen LogP contribution is -2.40. The largest absolute Gasteiger partial charge is 0.393 e. The van der Waals surface area contributed by atoms with E-state index in [4.69, 9.17) is 0 Å². The quantitative estimate of drug-likeness (QED) is 0.753. The molecule has 6 nitrogen and oxygen atoms in total. The van der Waals surface area contributed by atoms with Crippen LogP contribution in [0.4, 0.5) is 18.9 Å². The molecule has 0 aromatic heterocycles. The minimum atomic E-state index is -4.02. The normalized spacial score (nSPS) is 16.1. The minimum absolute atomic E-state index is 0.105. The molecule has 28 heavy (non-hydrogen) atoms. The van der Waals surface area contributed by atoms with Crippen molar-refractivity contribution in [2.75, 3.05) is 18.4 Å². The third kappa shape index (κ3) is 4.03. The van der Waals surface area contributed by atoms with Crippen molar-refractivity contribution in [2.24, 2.45) is 0 Å². The van der Waals surface area contributed by atoms with Crippen LogP contribution >= 0.6 is 0 Å². The maximum Gasteiger partial charge on any atom is 0.257 e. The Bertz CT molecular complexity index is 983. The van der Waals surface area contributed by atoms with Crippen LogP contribution in [-0.2, 0) is 10.0 Å². The first-order valence-electron chi connectivity index (χ1n) is 8.43. The monoisotopic (exact) mass is 414 g/mol. The Kier molecular flexibility index (Phi) is 5.73. The van der Waals surface area contributed by atoms with Gasteiger partial charge in [-0.1, -0.05) is 12.1 Å². The number of sulfonamides is 1. The molecule has 2 N–H and O–H groups in total. The first kappa shape index (κ1) is 20.3. The van der Waals surface area contributed by atoms with Gasteiger partial charge in [0, 0.05) is 30.9 Å². The summed E-state index contributed by atoms with van der Waals surface area (Å²) >= 11 is 0. The smallest absolute Gasteiger partial charge is 0.257 e. The number of aliphatic hydroxyl groups is 1. The van der Waals surface area contributed by atoms with E-state index < -0.39 is 39.5 Å². The van der Waals surface area contributed by atoms with E-state index >= 15 is 0 Å². The number of benzene rings is 2. The Balaban J connectivity index is 1.90. The van der Waals surface area contributed by atoms with Crippen LogP contribution in [0.15, 0.2) is 41.3 Å². The Labute approximate surface area is 159 Å². The number of carbonyl (C=O) groups is 1. The van der Waals surface area contributed by atoms with Gasteiger partial charge in [0.15, 0.2) is 17.5 Å². The third-order valence-corrected chi connectivity index (χ3v) is 6.37. The zero-order valence-electron chi connectivity index (χ0n) is 14.5. The van der Waals surface area contributed by atoms with Crippen molar-refractivity contribution in [2.45, 2.75) is 23.8 Å². The topological polar surface area (TPSA) is 86.7 Å². The summed E-state index contributed by atoms with van der Waals surface area (Å²) in [4.78, 5) is 12.3. The minimum Gasteiger partial charge on any atom is -0.393 e. The van der Waals surface area contributed by atoms with Gasteiger partial charge >= 0.3 is 0 Å². The number of carbonyl (C=O) groups excluding carboxylic acids is 1. The van der Waals surface area contributed by atoms with Gasteiger partial charge in [-0.25, -0.2) is 21.6 Å². The fourth-order valence-corrected chi connectivity index (χ4v) is 4.59. The molecule has 150 valence electrons. The molecule has 0 radical (unpaired) electrons. The predicted molar refractivity (Wildman–Crippen MR) is 94.7 cm³/mol. The van der Waals surface area contributed by atoms with Gasteiger partial charge in [-0.3, -0.25) is 4.79 Å². The molecule has 0 aliphatic carbocycles. The molecule has 3 rings (SSSR count). The number of halogens is 3. The lowest BCUT2D eigenvalue weighted by atomic mass is 10.1. The summed E-state index contributed by atoms with van der Waals surface area (Å²) in [7, 11) is -4.02. The lowest BCUT2D eigenvalue weighted by Gasteiger charge is -2.29. The van der Waals surface area contributed by atoms with Crippen molar-refractivity contribution in [1.82, 2.24) is 4.31 Å². The number of hydrogen-bond donors (Lipinski definition) is 2. The molecular weight excluding hydrogens is 397 g/mol. The number of hydrogen-bond acceptors (Lipinski definition) is 4. The molecule has 10 heteroatoms. The lowest BCUT2D eigenvalue weighted by molar-refractivity contribution is 0.102. The van der Waals surface area contributed by atoms with E-state index in [9.17, 15) is 31.5 Å². The van der Waals surface area contributed by atoms with E-state index in [0.717, 1.165) is 0 Å². The summed E-state index contributed by atoms with van der Waals surface area (Å²) in [5.74, 6) is -5.55. The number of aliphatic hydroxyl groups excluding tert-OH is 1. The van der Waals surface area contributed by atoms with Gasteiger partial charge in [-0.2, -0.15) is 4.31 Å². The average molecular weight is 414 g/mol. The number of nitrogens with one attached hydrogen (secondary N) is 1. The number of anilines is 1. The highest BCUT2D eigenvalue weighted by molar-refractivity contribution is 7.89. The van der Waals surface area contributed by atoms with Crippen molar-refractivity contribution >= 4 is 21.6 Å². The molecule has 0 spiro atoms. The molecule has 0 atom stereocenters. The third-order valence-electron chi connectivity index (χ3n) is 4.41.